The maximum Gasteiger partial charge on any atom is 0.129 e. The zero-order valence-electron chi connectivity index (χ0n) is 10.2. The topological polar surface area (TPSA) is 29.5 Å². The van der Waals surface area contributed by atoms with Crippen LogP contribution in [-0.4, -0.2) is 42.5 Å². The molecule has 2 atom stereocenters. The third-order valence-corrected chi connectivity index (χ3v) is 3.03. The van der Waals surface area contributed by atoms with Crippen LogP contribution in [0.25, 0.3) is 0 Å². The van der Waals surface area contributed by atoms with E-state index >= 15 is 0 Å². The molecule has 3 nitrogen and oxygen atoms in total. The summed E-state index contributed by atoms with van der Waals surface area (Å²) in [5, 5.41) is 0. The van der Waals surface area contributed by atoms with Gasteiger partial charge < -0.3 is 9.53 Å². The summed E-state index contributed by atoms with van der Waals surface area (Å²) in [5.41, 5.74) is 0. The number of hydrogen-bond donors (Lipinski definition) is 0. The number of ketones is 1. The van der Waals surface area contributed by atoms with Crippen LogP contribution < -0.4 is 0 Å². The fraction of sp³-hybridized carbons (Fsp3) is 0.917. The zero-order valence-corrected chi connectivity index (χ0v) is 10.2. The summed E-state index contributed by atoms with van der Waals surface area (Å²) in [6.07, 6.45) is 3.16. The minimum atomic E-state index is 0.296. The van der Waals surface area contributed by atoms with Gasteiger partial charge in [-0.05, 0) is 33.2 Å². The van der Waals surface area contributed by atoms with E-state index < -0.39 is 0 Å². The maximum absolute atomic E-state index is 10.9. The van der Waals surface area contributed by atoms with Crippen molar-refractivity contribution >= 4 is 5.78 Å². The van der Waals surface area contributed by atoms with Crippen LogP contribution in [0.1, 0.15) is 40.0 Å². The van der Waals surface area contributed by atoms with Gasteiger partial charge in [-0.1, -0.05) is 6.92 Å². The molecule has 0 aromatic carbocycles. The van der Waals surface area contributed by atoms with Gasteiger partial charge in [0.25, 0.3) is 0 Å². The lowest BCUT2D eigenvalue weighted by molar-refractivity contribution is -0.117. The molecule has 0 aromatic rings. The second kappa shape index (κ2) is 6.23. The number of carbonyl (C=O) groups excluding carboxylic acids is 1. The molecule has 0 radical (unpaired) electrons. The first-order valence-corrected chi connectivity index (χ1v) is 5.98. The van der Waals surface area contributed by atoms with Crippen LogP contribution in [0.3, 0.4) is 0 Å². The Kier molecular flexibility index (Phi) is 5.26. The van der Waals surface area contributed by atoms with Gasteiger partial charge in [-0.15, -0.1) is 0 Å². The van der Waals surface area contributed by atoms with Gasteiger partial charge in [0, 0.05) is 19.0 Å². The number of carbonyl (C=O) groups is 1. The van der Waals surface area contributed by atoms with E-state index in [4.69, 9.17) is 4.74 Å². The van der Waals surface area contributed by atoms with Crippen molar-refractivity contribution in [2.24, 2.45) is 0 Å². The fourth-order valence-electron chi connectivity index (χ4n) is 2.09. The summed E-state index contributed by atoms with van der Waals surface area (Å²) in [5.74, 6) is 0.296. The number of Topliss-reactive ketones (excluding diaryl/α,β-unsaturated/α-hetero) is 1. The van der Waals surface area contributed by atoms with Gasteiger partial charge in [-0.25, -0.2) is 0 Å². The first-order valence-electron chi connectivity index (χ1n) is 5.98. The SMILES string of the molecule is CCC1COC(C)CN1CCCC(C)=O. The van der Waals surface area contributed by atoms with Crippen LogP contribution in [-0.2, 0) is 9.53 Å². The molecule has 1 fully saturated rings. The molecule has 0 aromatic heterocycles. The molecule has 0 bridgehead atoms. The van der Waals surface area contributed by atoms with E-state index in [0.717, 1.165) is 32.5 Å². The van der Waals surface area contributed by atoms with Crippen molar-refractivity contribution in [1.29, 1.82) is 0 Å². The Morgan fingerprint density at radius 1 is 1.53 bits per heavy atom. The Labute approximate surface area is 92.8 Å². The second-order valence-corrected chi connectivity index (χ2v) is 4.51. The van der Waals surface area contributed by atoms with Crippen molar-refractivity contribution in [3.63, 3.8) is 0 Å². The molecule has 15 heavy (non-hydrogen) atoms. The highest BCUT2D eigenvalue weighted by Gasteiger charge is 2.24. The van der Waals surface area contributed by atoms with E-state index in [-0.39, 0.29) is 0 Å². The van der Waals surface area contributed by atoms with E-state index in [2.05, 4.69) is 18.7 Å². The number of rotatable bonds is 5. The van der Waals surface area contributed by atoms with E-state index in [0.29, 0.717) is 24.3 Å². The Morgan fingerprint density at radius 3 is 2.87 bits per heavy atom. The summed E-state index contributed by atoms with van der Waals surface area (Å²) in [6.45, 7) is 8.87. The number of ether oxygens (including phenoxy) is 1. The van der Waals surface area contributed by atoms with Gasteiger partial charge in [-0.3, -0.25) is 4.90 Å². The monoisotopic (exact) mass is 213 g/mol. The zero-order chi connectivity index (χ0) is 11.3. The maximum atomic E-state index is 10.9. The van der Waals surface area contributed by atoms with Crippen molar-refractivity contribution in [2.75, 3.05) is 19.7 Å². The van der Waals surface area contributed by atoms with Crippen molar-refractivity contribution in [2.45, 2.75) is 52.2 Å². The molecule has 3 heteroatoms. The van der Waals surface area contributed by atoms with Crippen LogP contribution in [0.2, 0.25) is 0 Å². The minimum Gasteiger partial charge on any atom is -0.376 e. The molecular weight excluding hydrogens is 190 g/mol. The van der Waals surface area contributed by atoms with Gasteiger partial charge in [0.15, 0.2) is 0 Å². The molecule has 1 aliphatic rings. The third-order valence-electron chi connectivity index (χ3n) is 3.03. The fourth-order valence-corrected chi connectivity index (χ4v) is 2.09. The number of morpholine rings is 1. The normalized spacial score (nSPS) is 27.9. The highest BCUT2D eigenvalue weighted by Crippen LogP contribution is 2.15. The van der Waals surface area contributed by atoms with Gasteiger partial charge in [0.2, 0.25) is 0 Å². The lowest BCUT2D eigenvalue weighted by Crippen LogP contribution is -2.48. The average molecular weight is 213 g/mol. The summed E-state index contributed by atoms with van der Waals surface area (Å²) < 4.78 is 5.63. The molecule has 88 valence electrons. The lowest BCUT2D eigenvalue weighted by Gasteiger charge is -2.38. The number of nitrogens with zero attached hydrogens (tertiary/aromatic N) is 1. The summed E-state index contributed by atoms with van der Waals surface area (Å²) >= 11 is 0. The van der Waals surface area contributed by atoms with Crippen molar-refractivity contribution in [1.82, 2.24) is 4.90 Å². The molecule has 0 N–H and O–H groups in total. The molecular formula is C12H23NO2. The highest BCUT2D eigenvalue weighted by molar-refractivity contribution is 5.75. The number of hydrogen-bond acceptors (Lipinski definition) is 3. The van der Waals surface area contributed by atoms with Gasteiger partial charge in [-0.2, -0.15) is 0 Å². The molecule has 1 rings (SSSR count). The highest BCUT2D eigenvalue weighted by atomic mass is 16.5. The molecule has 1 heterocycles. The van der Waals surface area contributed by atoms with Crippen LogP contribution in [0, 0.1) is 0 Å². The first-order chi connectivity index (χ1) is 7.13. The molecule has 0 aliphatic carbocycles. The predicted molar refractivity (Wildman–Crippen MR) is 61.0 cm³/mol. The van der Waals surface area contributed by atoms with Crippen molar-refractivity contribution in [3.05, 3.63) is 0 Å². The summed E-state index contributed by atoms with van der Waals surface area (Å²) in [6, 6.07) is 0.549. The van der Waals surface area contributed by atoms with Crippen molar-refractivity contribution in [3.8, 4) is 0 Å². The van der Waals surface area contributed by atoms with Gasteiger partial charge in [0.1, 0.15) is 5.78 Å². The average Bonchev–Trinajstić information content (AvgIpc) is 2.17. The van der Waals surface area contributed by atoms with Crippen LogP contribution in [0.5, 0.6) is 0 Å². The molecule has 0 spiro atoms. The van der Waals surface area contributed by atoms with Crippen LogP contribution in [0.4, 0.5) is 0 Å². The smallest absolute Gasteiger partial charge is 0.129 e. The molecule has 0 amide bonds. The van der Waals surface area contributed by atoms with E-state index in [1.165, 1.54) is 0 Å². The predicted octanol–water partition coefficient (Wildman–Crippen LogP) is 1.85. The van der Waals surface area contributed by atoms with Crippen molar-refractivity contribution < 1.29 is 9.53 Å². The van der Waals surface area contributed by atoms with E-state index in [1.807, 2.05) is 0 Å². The summed E-state index contributed by atoms with van der Waals surface area (Å²) in [4.78, 5) is 13.3. The Bertz CT molecular complexity index is 206. The Balaban J connectivity index is 2.31. The van der Waals surface area contributed by atoms with E-state index in [9.17, 15) is 4.79 Å². The summed E-state index contributed by atoms with van der Waals surface area (Å²) in [7, 11) is 0. The minimum absolute atomic E-state index is 0.296. The first kappa shape index (κ1) is 12.7. The second-order valence-electron chi connectivity index (χ2n) is 4.51. The van der Waals surface area contributed by atoms with Gasteiger partial charge in [0.05, 0.1) is 12.7 Å². The molecule has 1 aliphatic heterocycles. The standard InChI is InChI=1S/C12H23NO2/c1-4-12-9-15-11(3)8-13(12)7-5-6-10(2)14/h11-12H,4-9H2,1-3H3. The van der Waals surface area contributed by atoms with E-state index in [1.54, 1.807) is 6.92 Å². The quantitative estimate of drug-likeness (QED) is 0.698. The largest absolute Gasteiger partial charge is 0.376 e. The molecule has 2 unspecified atom stereocenters. The third kappa shape index (κ3) is 4.31. The molecule has 0 saturated carbocycles. The van der Waals surface area contributed by atoms with Gasteiger partial charge >= 0.3 is 0 Å². The van der Waals surface area contributed by atoms with Crippen LogP contribution >= 0.6 is 0 Å². The Morgan fingerprint density at radius 2 is 2.27 bits per heavy atom. The van der Waals surface area contributed by atoms with Crippen LogP contribution in [0.15, 0.2) is 0 Å². The Hall–Kier alpha value is -0.410. The molecule has 1 saturated heterocycles. The lowest BCUT2D eigenvalue weighted by atomic mass is 10.1.